The second kappa shape index (κ2) is 4.53. The van der Waals surface area contributed by atoms with Gasteiger partial charge in [0.05, 0.1) is 5.02 Å². The van der Waals surface area contributed by atoms with Crippen LogP contribution in [0, 0.1) is 3.57 Å². The van der Waals surface area contributed by atoms with E-state index in [1.54, 1.807) is 0 Å². The van der Waals surface area contributed by atoms with Gasteiger partial charge in [0, 0.05) is 14.7 Å². The van der Waals surface area contributed by atoms with Crippen LogP contribution in [0.4, 0.5) is 8.78 Å². The summed E-state index contributed by atoms with van der Waals surface area (Å²) in [5.41, 5.74) is 0.140. The Morgan fingerprint density at radius 3 is 2.43 bits per heavy atom. The van der Waals surface area contributed by atoms with Gasteiger partial charge in [0.1, 0.15) is 0 Å². The molecule has 0 fully saturated rings. The molecule has 1 aromatic rings. The minimum Gasteiger partial charge on any atom is -0.294 e. The average molecular weight is 330 g/mol. The number of hydrogen-bond acceptors (Lipinski definition) is 1. The molecule has 1 aromatic carbocycles. The molecule has 0 aliphatic heterocycles. The maximum Gasteiger partial charge on any atom is 0.263 e. The van der Waals surface area contributed by atoms with Crippen molar-refractivity contribution in [3.05, 3.63) is 31.9 Å². The molecule has 0 N–H and O–H groups in total. The van der Waals surface area contributed by atoms with Crippen molar-refractivity contribution >= 4 is 40.0 Å². The summed E-state index contributed by atoms with van der Waals surface area (Å²) < 4.78 is 25.1. The molecular formula is C9H6ClF2IO. The predicted molar refractivity (Wildman–Crippen MR) is 59.1 cm³/mol. The van der Waals surface area contributed by atoms with E-state index in [1.165, 1.54) is 13.0 Å². The number of benzene rings is 1. The maximum atomic E-state index is 12.3. The fraction of sp³-hybridized carbons (Fsp3) is 0.222. The Morgan fingerprint density at radius 2 is 2.07 bits per heavy atom. The molecule has 0 aliphatic carbocycles. The van der Waals surface area contributed by atoms with Crippen LogP contribution in [-0.4, -0.2) is 5.78 Å². The van der Waals surface area contributed by atoms with Crippen LogP contribution >= 0.6 is 34.2 Å². The Labute approximate surface area is 98.6 Å². The summed E-state index contributed by atoms with van der Waals surface area (Å²) in [4.78, 5) is 11.1. The first-order valence-corrected chi connectivity index (χ1v) is 5.17. The van der Waals surface area contributed by atoms with Crippen molar-refractivity contribution in [3.8, 4) is 0 Å². The van der Waals surface area contributed by atoms with Crippen molar-refractivity contribution in [2.75, 3.05) is 0 Å². The number of alkyl halides is 2. The SMILES string of the molecule is CC(=O)c1c(Cl)cc(C(F)F)cc1I. The fourth-order valence-electron chi connectivity index (χ4n) is 1.06. The normalized spacial score (nSPS) is 10.7. The topological polar surface area (TPSA) is 17.1 Å². The molecule has 0 bridgehead atoms. The molecule has 1 nitrogen and oxygen atoms in total. The lowest BCUT2D eigenvalue weighted by Gasteiger charge is -2.06. The summed E-state index contributed by atoms with van der Waals surface area (Å²) in [6.07, 6.45) is -2.57. The molecule has 0 amide bonds. The van der Waals surface area contributed by atoms with Crippen LogP contribution in [0.3, 0.4) is 0 Å². The summed E-state index contributed by atoms with van der Waals surface area (Å²) in [6, 6.07) is 2.40. The van der Waals surface area contributed by atoms with Crippen LogP contribution in [0.1, 0.15) is 29.3 Å². The summed E-state index contributed by atoms with van der Waals surface area (Å²) in [5.74, 6) is -0.222. The Kier molecular flexibility index (Phi) is 3.83. The summed E-state index contributed by atoms with van der Waals surface area (Å²) in [7, 11) is 0. The van der Waals surface area contributed by atoms with Crippen molar-refractivity contribution in [1.29, 1.82) is 0 Å². The maximum absolute atomic E-state index is 12.3. The number of halogens is 4. The minimum absolute atomic E-state index is 0.0831. The summed E-state index contributed by atoms with van der Waals surface area (Å²) >= 11 is 7.54. The summed E-state index contributed by atoms with van der Waals surface area (Å²) in [6.45, 7) is 1.35. The standard InChI is InChI=1S/C9H6ClF2IO/c1-4(14)8-6(10)2-5(9(11)12)3-7(8)13/h2-3,9H,1H3. The molecule has 5 heteroatoms. The molecule has 0 saturated heterocycles. The van der Waals surface area contributed by atoms with Crippen LogP contribution in [0.15, 0.2) is 12.1 Å². The van der Waals surface area contributed by atoms with Gasteiger partial charge < -0.3 is 0 Å². The lowest BCUT2D eigenvalue weighted by atomic mass is 10.1. The monoisotopic (exact) mass is 330 g/mol. The largest absolute Gasteiger partial charge is 0.294 e. The number of carbonyl (C=O) groups excluding carboxylic acids is 1. The minimum atomic E-state index is -2.57. The lowest BCUT2D eigenvalue weighted by molar-refractivity contribution is 0.101. The van der Waals surface area contributed by atoms with E-state index in [2.05, 4.69) is 0 Å². The van der Waals surface area contributed by atoms with E-state index in [0.29, 0.717) is 9.13 Å². The highest BCUT2D eigenvalue weighted by Crippen LogP contribution is 2.29. The molecule has 0 unspecified atom stereocenters. The fourth-order valence-corrected chi connectivity index (χ4v) is 2.61. The third-order valence-electron chi connectivity index (χ3n) is 1.67. The van der Waals surface area contributed by atoms with E-state index in [9.17, 15) is 13.6 Å². The third kappa shape index (κ3) is 2.42. The van der Waals surface area contributed by atoms with Gasteiger partial charge >= 0.3 is 0 Å². The van der Waals surface area contributed by atoms with Crippen molar-refractivity contribution in [1.82, 2.24) is 0 Å². The van der Waals surface area contributed by atoms with Crippen molar-refractivity contribution in [2.45, 2.75) is 13.3 Å². The van der Waals surface area contributed by atoms with Gasteiger partial charge in [0.25, 0.3) is 6.43 Å². The van der Waals surface area contributed by atoms with Crippen LogP contribution < -0.4 is 0 Å². The van der Waals surface area contributed by atoms with Crippen molar-refractivity contribution in [2.24, 2.45) is 0 Å². The van der Waals surface area contributed by atoms with E-state index >= 15 is 0 Å². The van der Waals surface area contributed by atoms with Gasteiger partial charge in [-0.3, -0.25) is 4.79 Å². The second-order valence-corrected chi connectivity index (χ2v) is 4.29. The Bertz CT molecular complexity index is 356. The quantitative estimate of drug-likeness (QED) is 0.590. The summed E-state index contributed by atoms with van der Waals surface area (Å²) in [5, 5.41) is 0.0831. The van der Waals surface area contributed by atoms with Crippen molar-refractivity contribution in [3.63, 3.8) is 0 Å². The van der Waals surface area contributed by atoms with E-state index in [0.717, 1.165) is 6.07 Å². The Morgan fingerprint density at radius 1 is 1.50 bits per heavy atom. The van der Waals surface area contributed by atoms with Gasteiger partial charge in [0.2, 0.25) is 0 Å². The number of Topliss-reactive ketones (excluding diaryl/α,β-unsaturated/α-hetero) is 1. The molecule has 76 valence electrons. The highest BCUT2D eigenvalue weighted by atomic mass is 127. The lowest BCUT2D eigenvalue weighted by Crippen LogP contribution is -1.99. The number of ketones is 1. The van der Waals surface area contributed by atoms with Crippen LogP contribution in [0.2, 0.25) is 5.02 Å². The Hall–Kier alpha value is -0.230. The molecule has 0 aromatic heterocycles. The first-order chi connectivity index (χ1) is 6.43. The van der Waals surface area contributed by atoms with E-state index in [-0.39, 0.29) is 16.4 Å². The third-order valence-corrected chi connectivity index (χ3v) is 2.82. The van der Waals surface area contributed by atoms with Crippen molar-refractivity contribution < 1.29 is 13.6 Å². The first kappa shape index (κ1) is 11.8. The van der Waals surface area contributed by atoms with E-state index in [4.69, 9.17) is 11.6 Å². The van der Waals surface area contributed by atoms with Gasteiger partial charge in [-0.15, -0.1) is 0 Å². The van der Waals surface area contributed by atoms with Gasteiger partial charge in [-0.05, 0) is 41.6 Å². The zero-order chi connectivity index (χ0) is 10.9. The highest BCUT2D eigenvalue weighted by Gasteiger charge is 2.15. The van der Waals surface area contributed by atoms with E-state index < -0.39 is 6.43 Å². The van der Waals surface area contributed by atoms with Gasteiger partial charge in [-0.1, -0.05) is 11.6 Å². The molecule has 0 radical (unpaired) electrons. The molecule has 0 saturated carbocycles. The number of carbonyl (C=O) groups is 1. The molecule has 0 aliphatic rings. The second-order valence-electron chi connectivity index (χ2n) is 2.72. The molecule has 14 heavy (non-hydrogen) atoms. The molecule has 0 atom stereocenters. The molecule has 1 rings (SSSR count). The highest BCUT2D eigenvalue weighted by molar-refractivity contribution is 14.1. The van der Waals surface area contributed by atoms with Crippen LogP contribution in [0.25, 0.3) is 0 Å². The van der Waals surface area contributed by atoms with Gasteiger partial charge in [0.15, 0.2) is 5.78 Å². The van der Waals surface area contributed by atoms with Gasteiger partial charge in [-0.2, -0.15) is 0 Å². The first-order valence-electron chi connectivity index (χ1n) is 3.71. The zero-order valence-corrected chi connectivity index (χ0v) is 10.1. The Balaban J connectivity index is 3.32. The predicted octanol–water partition coefficient (Wildman–Crippen LogP) is 4.08. The van der Waals surface area contributed by atoms with Crippen LogP contribution in [-0.2, 0) is 0 Å². The smallest absolute Gasteiger partial charge is 0.263 e. The molecule has 0 heterocycles. The zero-order valence-electron chi connectivity index (χ0n) is 7.15. The molecule has 0 spiro atoms. The van der Waals surface area contributed by atoms with E-state index in [1.807, 2.05) is 22.6 Å². The molecular weight excluding hydrogens is 324 g/mol. The van der Waals surface area contributed by atoms with Gasteiger partial charge in [-0.25, -0.2) is 8.78 Å². The van der Waals surface area contributed by atoms with Crippen LogP contribution in [0.5, 0.6) is 0 Å². The number of hydrogen-bond donors (Lipinski definition) is 0. The number of rotatable bonds is 2. The average Bonchev–Trinajstić information content (AvgIpc) is 2.01.